The zero-order chi connectivity index (χ0) is 20.5. The van der Waals surface area contributed by atoms with Crippen LogP contribution >= 0.6 is 0 Å². The van der Waals surface area contributed by atoms with Crippen molar-refractivity contribution in [1.29, 1.82) is 0 Å². The quantitative estimate of drug-likeness (QED) is 0.268. The third kappa shape index (κ3) is 4.92. The van der Waals surface area contributed by atoms with Gasteiger partial charge >= 0.3 is 29.6 Å². The summed E-state index contributed by atoms with van der Waals surface area (Å²) in [5.74, 6) is 0. The molecule has 3 aromatic rings. The molecule has 0 aliphatic rings. The van der Waals surface area contributed by atoms with Gasteiger partial charge in [0.25, 0.3) is 0 Å². The van der Waals surface area contributed by atoms with Gasteiger partial charge < -0.3 is 10.3 Å². The molecule has 3 rings (SSSR count). The third-order valence-electron chi connectivity index (χ3n) is 3.95. The van der Waals surface area contributed by atoms with Gasteiger partial charge in [0.2, 0.25) is 0 Å². The first-order valence-corrected chi connectivity index (χ1v) is 10.8. The van der Waals surface area contributed by atoms with Gasteiger partial charge in [-0.1, -0.05) is 30.8 Å². The van der Waals surface area contributed by atoms with E-state index in [1.165, 1.54) is 30.3 Å². The number of nitrogens with two attached hydrogens (primary N) is 1. The number of sulfone groups is 1. The van der Waals surface area contributed by atoms with Crippen molar-refractivity contribution < 1.29 is 50.9 Å². The van der Waals surface area contributed by atoms with Crippen molar-refractivity contribution in [3.63, 3.8) is 0 Å². The van der Waals surface area contributed by atoms with E-state index in [9.17, 15) is 21.4 Å². The summed E-state index contributed by atoms with van der Waals surface area (Å²) in [6.45, 7) is 3.25. The molecule has 144 valence electrons. The van der Waals surface area contributed by atoms with Crippen molar-refractivity contribution in [3.8, 4) is 0 Å². The summed E-state index contributed by atoms with van der Waals surface area (Å²) in [4.78, 5) is -0.398. The van der Waals surface area contributed by atoms with Gasteiger partial charge in [-0.05, 0) is 30.3 Å². The fraction of sp³-hybridized carbons (Fsp3) is 0. The summed E-state index contributed by atoms with van der Waals surface area (Å²) < 4.78 is 58.3. The van der Waals surface area contributed by atoms with Crippen LogP contribution in [0.2, 0.25) is 0 Å². The van der Waals surface area contributed by atoms with Crippen LogP contribution in [0.1, 0.15) is 0 Å². The Bertz CT molecular complexity index is 1320. The monoisotopic (exact) mass is 439 g/mol. The van der Waals surface area contributed by atoms with Gasteiger partial charge in [-0.15, -0.1) is 5.11 Å². The Labute approximate surface area is 190 Å². The van der Waals surface area contributed by atoms with Crippen LogP contribution in [0, 0.1) is 0 Å². The second-order valence-electron chi connectivity index (χ2n) is 5.71. The van der Waals surface area contributed by atoms with Gasteiger partial charge in [-0.2, -0.15) is 5.11 Å². The van der Waals surface area contributed by atoms with E-state index < -0.39 is 24.9 Å². The maximum absolute atomic E-state index is 11.7. The van der Waals surface area contributed by atoms with Crippen molar-refractivity contribution in [2.24, 2.45) is 10.2 Å². The summed E-state index contributed by atoms with van der Waals surface area (Å²) in [5.41, 5.74) is 6.54. The van der Waals surface area contributed by atoms with Gasteiger partial charge in [0.1, 0.15) is 15.8 Å². The van der Waals surface area contributed by atoms with E-state index in [-0.39, 0.29) is 51.2 Å². The molecule has 29 heavy (non-hydrogen) atoms. The van der Waals surface area contributed by atoms with Crippen molar-refractivity contribution in [1.82, 2.24) is 0 Å². The minimum absolute atomic E-state index is 0. The first-order valence-electron chi connectivity index (χ1n) is 7.80. The number of fused-ring (bicyclic) bond motifs is 1. The first kappa shape index (κ1) is 23.2. The smallest absolute Gasteiger partial charge is 0.744 e. The van der Waals surface area contributed by atoms with E-state index in [0.29, 0.717) is 11.1 Å². The Morgan fingerprint density at radius 3 is 2.07 bits per heavy atom. The molecule has 0 unspecified atom stereocenters. The molecular weight excluding hydrogens is 425 g/mol. The number of hydrogen-bond acceptors (Lipinski definition) is 8. The van der Waals surface area contributed by atoms with Crippen LogP contribution < -0.4 is 35.3 Å². The number of benzene rings is 3. The molecule has 0 saturated carbocycles. The molecule has 0 bridgehead atoms. The van der Waals surface area contributed by atoms with E-state index in [1.54, 1.807) is 18.2 Å². The predicted octanol–water partition coefficient (Wildman–Crippen LogP) is 0.663. The number of rotatable bonds is 5. The van der Waals surface area contributed by atoms with Crippen molar-refractivity contribution in [2.45, 2.75) is 9.79 Å². The zero-order valence-corrected chi connectivity index (χ0v) is 18.9. The van der Waals surface area contributed by atoms with E-state index >= 15 is 0 Å². The van der Waals surface area contributed by atoms with E-state index in [0.717, 1.165) is 11.5 Å². The molecule has 0 radical (unpaired) electrons. The molecule has 0 amide bonds. The van der Waals surface area contributed by atoms with E-state index in [1.807, 2.05) is 0 Å². The van der Waals surface area contributed by atoms with Gasteiger partial charge in [-0.25, -0.2) is 16.8 Å². The molecule has 0 aliphatic heterocycles. The summed E-state index contributed by atoms with van der Waals surface area (Å²) in [5, 5.41) is 9.28. The average molecular weight is 439 g/mol. The molecule has 0 spiro atoms. The van der Waals surface area contributed by atoms with Crippen LogP contribution in [0.15, 0.2) is 86.6 Å². The van der Waals surface area contributed by atoms with Gasteiger partial charge in [0, 0.05) is 16.2 Å². The van der Waals surface area contributed by atoms with Crippen LogP contribution in [0.3, 0.4) is 0 Å². The van der Waals surface area contributed by atoms with Gasteiger partial charge in [0.15, 0.2) is 9.84 Å². The Hall–Kier alpha value is -2.08. The minimum atomic E-state index is -4.76. The van der Waals surface area contributed by atoms with Crippen LogP contribution in [-0.4, -0.2) is 21.4 Å². The SMILES string of the molecule is C=CS(=O)(=O)c1ccc(N=Nc2cc(S(=O)(=O)[O-])c3ccccc3c2N)cc1.[Na+]. The Balaban J connectivity index is 0.00000300. The van der Waals surface area contributed by atoms with E-state index in [2.05, 4.69) is 16.8 Å². The second kappa shape index (κ2) is 8.74. The summed E-state index contributed by atoms with van der Waals surface area (Å²) in [6.07, 6.45) is 0. The Kier molecular flexibility index (Phi) is 6.99. The normalized spacial score (nSPS) is 12.0. The zero-order valence-electron chi connectivity index (χ0n) is 15.3. The Morgan fingerprint density at radius 1 is 0.931 bits per heavy atom. The maximum Gasteiger partial charge on any atom is 1.00 e. The van der Waals surface area contributed by atoms with Gasteiger partial charge in [0.05, 0.1) is 21.2 Å². The molecule has 0 aromatic heterocycles. The fourth-order valence-corrected chi connectivity index (χ4v) is 3.96. The minimum Gasteiger partial charge on any atom is -0.744 e. The van der Waals surface area contributed by atoms with Crippen LogP contribution in [0.4, 0.5) is 17.1 Å². The summed E-state index contributed by atoms with van der Waals surface area (Å²) in [7, 11) is -8.32. The third-order valence-corrected chi connectivity index (χ3v) is 6.20. The second-order valence-corrected chi connectivity index (χ2v) is 8.96. The molecule has 0 aliphatic carbocycles. The molecule has 0 heterocycles. The largest absolute Gasteiger partial charge is 1.00 e. The Morgan fingerprint density at radius 2 is 1.52 bits per heavy atom. The average Bonchev–Trinajstić information content (AvgIpc) is 2.67. The molecule has 8 nitrogen and oxygen atoms in total. The number of nitrogens with zero attached hydrogens (tertiary/aromatic N) is 2. The number of azo groups is 1. The summed E-state index contributed by atoms with van der Waals surface area (Å²) in [6, 6.07) is 12.9. The molecule has 0 saturated heterocycles. The van der Waals surface area contributed by atoms with Crippen LogP contribution in [0.25, 0.3) is 10.8 Å². The molecular formula is C18H14N3NaO5S2. The molecule has 3 aromatic carbocycles. The fourth-order valence-electron chi connectivity index (χ4n) is 2.55. The van der Waals surface area contributed by atoms with E-state index in [4.69, 9.17) is 5.73 Å². The van der Waals surface area contributed by atoms with Crippen molar-refractivity contribution >= 4 is 47.8 Å². The molecule has 11 heteroatoms. The van der Waals surface area contributed by atoms with Crippen molar-refractivity contribution in [3.05, 3.63) is 66.6 Å². The summed E-state index contributed by atoms with van der Waals surface area (Å²) >= 11 is 0. The topological polar surface area (TPSA) is 142 Å². The van der Waals surface area contributed by atoms with Crippen LogP contribution in [0.5, 0.6) is 0 Å². The standard InChI is InChI=1S/C18H15N3O5S2.Na/c1-2-27(22,23)13-9-7-12(8-10-13)20-21-16-11-17(28(24,25)26)14-5-3-4-6-15(14)18(16)19;/h2-11H,1,19H2,(H,24,25,26);/q;+1/p-1. The maximum atomic E-state index is 11.7. The van der Waals surface area contributed by atoms with Crippen LogP contribution in [-0.2, 0) is 20.0 Å². The van der Waals surface area contributed by atoms with Crippen molar-refractivity contribution in [2.75, 3.05) is 5.73 Å². The molecule has 0 fully saturated rings. The number of anilines is 1. The first-order chi connectivity index (χ1) is 13.1. The number of nitrogen functional groups attached to an aromatic ring is 1. The van der Waals surface area contributed by atoms with Gasteiger partial charge in [-0.3, -0.25) is 0 Å². The molecule has 0 atom stereocenters. The number of hydrogen-bond donors (Lipinski definition) is 1. The molecule has 2 N–H and O–H groups in total. The predicted molar refractivity (Wildman–Crippen MR) is 104 cm³/mol.